The molecule has 2 aliphatic rings. The quantitative estimate of drug-likeness (QED) is 0.294. The lowest BCUT2D eigenvalue weighted by atomic mass is 9.88. The fourth-order valence-electron chi connectivity index (χ4n) is 5.98. The SMILES string of the molecule is COc1cc(S(N)(=O)=O)ccc1NCC#Cc1cc2c(NC3CCC(N4CC(S(C)(=O)=O)C4)CC3)cccc2n1CC(F)(F)F. The molecule has 0 unspecified atom stereocenters. The highest BCUT2D eigenvalue weighted by molar-refractivity contribution is 7.91. The van der Waals surface area contributed by atoms with Gasteiger partial charge in [0.15, 0.2) is 9.84 Å². The molecule has 1 aliphatic heterocycles. The fourth-order valence-corrected chi connectivity index (χ4v) is 7.43. The van der Waals surface area contributed by atoms with Gasteiger partial charge in [0.25, 0.3) is 0 Å². The van der Waals surface area contributed by atoms with E-state index in [1.165, 1.54) is 31.6 Å². The number of likely N-dealkylation sites (tertiary alicyclic amines) is 1. The van der Waals surface area contributed by atoms with Crippen molar-refractivity contribution in [3.05, 3.63) is 48.2 Å². The Labute approximate surface area is 261 Å². The first kappa shape index (κ1) is 32.9. The summed E-state index contributed by atoms with van der Waals surface area (Å²) in [5.74, 6) is 5.95. The van der Waals surface area contributed by atoms with E-state index < -0.39 is 32.6 Å². The number of sulfonamides is 1. The van der Waals surface area contributed by atoms with Crippen molar-refractivity contribution in [2.75, 3.05) is 43.6 Å². The number of ether oxygens (including phenoxy) is 1. The van der Waals surface area contributed by atoms with Gasteiger partial charge in [-0.3, -0.25) is 4.90 Å². The molecule has 244 valence electrons. The third-order valence-electron chi connectivity index (χ3n) is 8.42. The van der Waals surface area contributed by atoms with Crippen LogP contribution in [0.25, 0.3) is 10.9 Å². The van der Waals surface area contributed by atoms with Crippen molar-refractivity contribution in [1.82, 2.24) is 9.47 Å². The molecule has 0 bridgehead atoms. The van der Waals surface area contributed by atoms with E-state index in [9.17, 15) is 30.0 Å². The zero-order valence-electron chi connectivity index (χ0n) is 24.9. The summed E-state index contributed by atoms with van der Waals surface area (Å²) >= 11 is 0. The lowest BCUT2D eigenvalue weighted by Crippen LogP contribution is -2.59. The lowest BCUT2D eigenvalue weighted by molar-refractivity contribution is -0.140. The summed E-state index contributed by atoms with van der Waals surface area (Å²) in [6.45, 7) is 0.00136. The average Bonchev–Trinajstić information content (AvgIpc) is 3.26. The van der Waals surface area contributed by atoms with Gasteiger partial charge in [0.05, 0.1) is 40.7 Å². The van der Waals surface area contributed by atoms with Gasteiger partial charge < -0.3 is 19.9 Å². The molecular formula is C30H36F3N5O5S2. The molecule has 0 spiro atoms. The van der Waals surface area contributed by atoms with Crippen molar-refractivity contribution in [2.45, 2.75) is 60.6 Å². The van der Waals surface area contributed by atoms with E-state index in [-0.39, 0.29) is 34.2 Å². The number of sulfone groups is 1. The minimum absolute atomic E-state index is 0.0505. The van der Waals surface area contributed by atoms with Gasteiger partial charge in [-0.15, -0.1) is 0 Å². The Morgan fingerprint density at radius 3 is 2.36 bits per heavy atom. The molecule has 3 aromatic rings. The highest BCUT2D eigenvalue weighted by Crippen LogP contribution is 2.34. The van der Waals surface area contributed by atoms with Crippen LogP contribution in [0.4, 0.5) is 24.5 Å². The van der Waals surface area contributed by atoms with Crippen LogP contribution in [-0.4, -0.2) is 82.8 Å². The van der Waals surface area contributed by atoms with Gasteiger partial charge in [-0.2, -0.15) is 13.2 Å². The van der Waals surface area contributed by atoms with E-state index in [4.69, 9.17) is 9.88 Å². The second-order valence-corrected chi connectivity index (χ2v) is 15.5. The maximum absolute atomic E-state index is 13.6. The zero-order valence-corrected chi connectivity index (χ0v) is 26.5. The first-order valence-corrected chi connectivity index (χ1v) is 17.9. The van der Waals surface area contributed by atoms with E-state index in [1.807, 2.05) is 6.07 Å². The minimum Gasteiger partial charge on any atom is -0.495 e. The number of hydrogen-bond acceptors (Lipinski definition) is 8. The molecule has 2 aromatic carbocycles. The van der Waals surface area contributed by atoms with Gasteiger partial charge in [0.2, 0.25) is 10.0 Å². The van der Waals surface area contributed by atoms with Crippen LogP contribution in [0.2, 0.25) is 0 Å². The predicted octanol–water partition coefficient (Wildman–Crippen LogP) is 3.78. The Hall–Kier alpha value is -3.45. The Kier molecular flexibility index (Phi) is 9.33. The van der Waals surface area contributed by atoms with Gasteiger partial charge in [-0.1, -0.05) is 12.0 Å². The van der Waals surface area contributed by atoms with Crippen molar-refractivity contribution in [3.8, 4) is 17.6 Å². The van der Waals surface area contributed by atoms with Crippen LogP contribution in [0.3, 0.4) is 0 Å². The number of aromatic nitrogens is 1. The number of nitrogens with zero attached hydrogens (tertiary/aromatic N) is 2. The van der Waals surface area contributed by atoms with E-state index in [0.717, 1.165) is 35.9 Å². The number of nitrogens with one attached hydrogen (secondary N) is 2. The van der Waals surface area contributed by atoms with E-state index in [1.54, 1.807) is 18.2 Å². The fraction of sp³-hybridized carbons (Fsp3) is 0.467. The summed E-state index contributed by atoms with van der Waals surface area (Å²) < 4.78 is 94.1. The largest absolute Gasteiger partial charge is 0.495 e. The molecule has 1 aromatic heterocycles. The summed E-state index contributed by atoms with van der Waals surface area (Å²) in [7, 11) is -5.58. The van der Waals surface area contributed by atoms with Crippen LogP contribution in [0.15, 0.2) is 47.4 Å². The molecule has 0 radical (unpaired) electrons. The monoisotopic (exact) mass is 667 g/mol. The normalized spacial score (nSPS) is 19.9. The first-order chi connectivity index (χ1) is 21.1. The Morgan fingerprint density at radius 1 is 1.02 bits per heavy atom. The molecule has 0 amide bonds. The average molecular weight is 668 g/mol. The highest BCUT2D eigenvalue weighted by atomic mass is 32.2. The van der Waals surface area contributed by atoms with Gasteiger partial charge in [0.1, 0.15) is 12.3 Å². The minimum atomic E-state index is -4.46. The Bertz CT molecular complexity index is 1830. The molecule has 45 heavy (non-hydrogen) atoms. The van der Waals surface area contributed by atoms with Crippen LogP contribution < -0.4 is 20.5 Å². The number of methoxy groups -OCH3 is 1. The van der Waals surface area contributed by atoms with Crippen molar-refractivity contribution < 1.29 is 34.7 Å². The van der Waals surface area contributed by atoms with Gasteiger partial charge in [-0.05, 0) is 61.9 Å². The molecule has 5 rings (SSSR count). The second kappa shape index (κ2) is 12.7. The summed E-state index contributed by atoms with van der Waals surface area (Å²) in [6, 6.07) is 11.4. The van der Waals surface area contributed by atoms with E-state index >= 15 is 0 Å². The van der Waals surface area contributed by atoms with Gasteiger partial charge in [-0.25, -0.2) is 22.0 Å². The maximum Gasteiger partial charge on any atom is 0.406 e. The topological polar surface area (TPSA) is 136 Å². The first-order valence-electron chi connectivity index (χ1n) is 14.4. The van der Waals surface area contributed by atoms with Crippen LogP contribution in [-0.2, 0) is 26.4 Å². The van der Waals surface area contributed by atoms with Crippen molar-refractivity contribution in [1.29, 1.82) is 0 Å². The summed E-state index contributed by atoms with van der Waals surface area (Å²) in [5, 5.41) is 12.1. The molecule has 0 atom stereocenters. The van der Waals surface area contributed by atoms with Crippen molar-refractivity contribution in [2.24, 2.45) is 5.14 Å². The molecule has 15 heteroatoms. The smallest absolute Gasteiger partial charge is 0.406 e. The molecule has 1 saturated carbocycles. The number of hydrogen-bond donors (Lipinski definition) is 3. The number of benzene rings is 2. The number of anilines is 2. The molecule has 10 nitrogen and oxygen atoms in total. The second-order valence-electron chi connectivity index (χ2n) is 11.6. The molecule has 1 saturated heterocycles. The summed E-state index contributed by atoms with van der Waals surface area (Å²) in [6.07, 6.45) is 0.379. The van der Waals surface area contributed by atoms with Crippen molar-refractivity contribution >= 4 is 42.1 Å². The molecule has 1 aliphatic carbocycles. The number of rotatable bonds is 9. The van der Waals surface area contributed by atoms with Crippen molar-refractivity contribution in [3.63, 3.8) is 0 Å². The third kappa shape index (κ3) is 7.86. The number of primary sulfonamides is 1. The maximum atomic E-state index is 13.6. The third-order valence-corrected chi connectivity index (χ3v) is 10.8. The molecular weight excluding hydrogens is 631 g/mol. The van der Waals surface area contributed by atoms with Crippen LogP contribution in [0, 0.1) is 11.8 Å². The number of halogens is 3. The van der Waals surface area contributed by atoms with E-state index in [2.05, 4.69) is 27.4 Å². The summed E-state index contributed by atoms with van der Waals surface area (Å²) in [4.78, 5) is 2.11. The number of nitrogens with two attached hydrogens (primary N) is 1. The van der Waals surface area contributed by atoms with Crippen LogP contribution in [0.1, 0.15) is 31.4 Å². The standard InChI is InChI=1S/C30H36F3N5O5S2/c1-43-29-16-23(45(34,41)42)12-13-27(29)35-14-4-5-22-15-25-26(6-3-7-28(25)38(22)19-30(31,32)33)36-20-8-10-21(11-9-20)37-17-24(18-37)44(2,39)40/h3,6-7,12-13,15-16,20-21,24,35-36H,8-11,14,17-19H2,1-2H3,(H2,34,41,42). The van der Waals surface area contributed by atoms with E-state index in [0.29, 0.717) is 35.7 Å². The van der Waals surface area contributed by atoms with Gasteiger partial charge in [0, 0.05) is 48.6 Å². The number of alkyl halides is 3. The Morgan fingerprint density at radius 2 is 1.73 bits per heavy atom. The molecule has 2 fully saturated rings. The van der Waals surface area contributed by atoms with Crippen LogP contribution >= 0.6 is 0 Å². The predicted molar refractivity (Wildman–Crippen MR) is 168 cm³/mol. The van der Waals surface area contributed by atoms with Gasteiger partial charge >= 0.3 is 6.18 Å². The molecule has 4 N–H and O–H groups in total. The molecule has 2 heterocycles. The van der Waals surface area contributed by atoms with Crippen LogP contribution in [0.5, 0.6) is 5.75 Å². The number of fused-ring (bicyclic) bond motifs is 1. The summed E-state index contributed by atoms with van der Waals surface area (Å²) in [5.41, 5.74) is 1.80. The highest BCUT2D eigenvalue weighted by Gasteiger charge is 2.39. The zero-order chi connectivity index (χ0) is 32.6. The lowest BCUT2D eigenvalue weighted by Gasteiger charge is -2.46. The Balaban J connectivity index is 1.30.